The maximum atomic E-state index is 11.6. The molecule has 17 heavy (non-hydrogen) atoms. The topological polar surface area (TPSA) is 92.4 Å². The number of aliphatic carboxylic acids is 1. The highest BCUT2D eigenvalue weighted by Gasteiger charge is 2.17. The predicted molar refractivity (Wildman–Crippen MR) is 65.4 cm³/mol. The van der Waals surface area contributed by atoms with E-state index in [9.17, 15) is 9.59 Å². The Balaban J connectivity index is 2.94. The van der Waals surface area contributed by atoms with Crippen LogP contribution in [0.4, 0.5) is 5.69 Å². The monoisotopic (exact) mass is 276 g/mol. The number of carbonyl (C=O) groups is 2. The summed E-state index contributed by atoms with van der Waals surface area (Å²) >= 11 is 11.5. The van der Waals surface area contributed by atoms with Gasteiger partial charge in [-0.15, -0.1) is 0 Å². The van der Waals surface area contributed by atoms with E-state index in [4.69, 9.17) is 34.0 Å². The number of carboxylic acid groups (broad SMARTS) is 1. The van der Waals surface area contributed by atoms with Gasteiger partial charge in [-0.05, 0) is 19.1 Å². The third-order valence-electron chi connectivity index (χ3n) is 2.06. The van der Waals surface area contributed by atoms with Gasteiger partial charge in [0.1, 0.15) is 6.04 Å². The standard InChI is InChI=1S/C10H10Cl2N2O3/c1-4(10(16)17)14-9(15)5-2-6(11)8(13)7(12)3-5/h2-4H,13H2,1H3,(H,14,15)(H,16,17). The van der Waals surface area contributed by atoms with Gasteiger partial charge < -0.3 is 16.2 Å². The molecule has 0 bridgehead atoms. The minimum absolute atomic E-state index is 0.144. The second-order valence-corrected chi connectivity index (χ2v) is 4.20. The van der Waals surface area contributed by atoms with Gasteiger partial charge in [0.05, 0.1) is 15.7 Å². The van der Waals surface area contributed by atoms with Crippen LogP contribution in [0.25, 0.3) is 0 Å². The number of amides is 1. The molecule has 1 unspecified atom stereocenters. The van der Waals surface area contributed by atoms with Crippen LogP contribution in [0.15, 0.2) is 12.1 Å². The zero-order valence-corrected chi connectivity index (χ0v) is 10.3. The van der Waals surface area contributed by atoms with Crippen LogP contribution < -0.4 is 11.1 Å². The molecule has 1 rings (SSSR count). The number of hydrogen-bond acceptors (Lipinski definition) is 3. The molecule has 0 heterocycles. The lowest BCUT2D eigenvalue weighted by Crippen LogP contribution is -2.38. The molecule has 1 amide bonds. The predicted octanol–water partition coefficient (Wildman–Crippen LogP) is 1.78. The van der Waals surface area contributed by atoms with Crippen LogP contribution in [0.3, 0.4) is 0 Å². The van der Waals surface area contributed by atoms with Crippen LogP contribution in [0, 0.1) is 0 Å². The highest BCUT2D eigenvalue weighted by molar-refractivity contribution is 6.39. The van der Waals surface area contributed by atoms with Crippen molar-refractivity contribution in [1.82, 2.24) is 5.32 Å². The van der Waals surface area contributed by atoms with Crippen molar-refractivity contribution in [2.75, 3.05) is 5.73 Å². The van der Waals surface area contributed by atoms with Crippen molar-refractivity contribution in [3.63, 3.8) is 0 Å². The molecule has 0 aliphatic rings. The smallest absolute Gasteiger partial charge is 0.325 e. The average molecular weight is 277 g/mol. The van der Waals surface area contributed by atoms with E-state index >= 15 is 0 Å². The molecule has 0 radical (unpaired) electrons. The van der Waals surface area contributed by atoms with Gasteiger partial charge in [0, 0.05) is 5.56 Å². The number of halogens is 2. The molecule has 0 saturated carbocycles. The van der Waals surface area contributed by atoms with Crippen molar-refractivity contribution in [3.05, 3.63) is 27.7 Å². The summed E-state index contributed by atoms with van der Waals surface area (Å²) in [5.41, 5.74) is 5.84. The SMILES string of the molecule is CC(NC(=O)c1cc(Cl)c(N)c(Cl)c1)C(=O)O. The Kier molecular flexibility index (Phi) is 4.20. The Morgan fingerprint density at radius 1 is 1.35 bits per heavy atom. The Hall–Kier alpha value is -1.46. The molecule has 0 aliphatic carbocycles. The lowest BCUT2D eigenvalue weighted by Gasteiger charge is -2.10. The van der Waals surface area contributed by atoms with Gasteiger partial charge in [-0.2, -0.15) is 0 Å². The second-order valence-electron chi connectivity index (χ2n) is 3.39. The largest absolute Gasteiger partial charge is 0.480 e. The summed E-state index contributed by atoms with van der Waals surface area (Å²) < 4.78 is 0. The fourth-order valence-corrected chi connectivity index (χ4v) is 1.54. The first kappa shape index (κ1) is 13.6. The maximum Gasteiger partial charge on any atom is 0.325 e. The number of carboxylic acids is 1. The number of nitrogen functional groups attached to an aromatic ring is 1. The zero-order valence-electron chi connectivity index (χ0n) is 8.83. The summed E-state index contributed by atoms with van der Waals surface area (Å²) in [5.74, 6) is -1.71. The lowest BCUT2D eigenvalue weighted by molar-refractivity contribution is -0.138. The second kappa shape index (κ2) is 5.25. The third kappa shape index (κ3) is 3.25. The molecule has 0 fully saturated rings. The lowest BCUT2D eigenvalue weighted by atomic mass is 10.2. The first-order valence-corrected chi connectivity index (χ1v) is 5.36. The number of carbonyl (C=O) groups excluding carboxylic acids is 1. The van der Waals surface area contributed by atoms with E-state index in [-0.39, 0.29) is 21.3 Å². The van der Waals surface area contributed by atoms with E-state index in [1.807, 2.05) is 0 Å². The summed E-state index contributed by atoms with van der Waals surface area (Å²) in [6.45, 7) is 1.35. The van der Waals surface area contributed by atoms with E-state index in [0.29, 0.717) is 0 Å². The number of anilines is 1. The summed E-state index contributed by atoms with van der Waals surface area (Å²) in [7, 11) is 0. The summed E-state index contributed by atoms with van der Waals surface area (Å²) in [4.78, 5) is 22.2. The Bertz CT molecular complexity index is 454. The maximum absolute atomic E-state index is 11.6. The van der Waals surface area contributed by atoms with Crippen LogP contribution in [0.5, 0.6) is 0 Å². The Morgan fingerprint density at radius 2 is 1.82 bits per heavy atom. The molecular weight excluding hydrogens is 267 g/mol. The zero-order chi connectivity index (χ0) is 13.2. The van der Waals surface area contributed by atoms with Gasteiger partial charge in [0.2, 0.25) is 0 Å². The van der Waals surface area contributed by atoms with Crippen LogP contribution in [-0.2, 0) is 4.79 Å². The van der Waals surface area contributed by atoms with Gasteiger partial charge in [0.25, 0.3) is 5.91 Å². The van der Waals surface area contributed by atoms with Gasteiger partial charge in [-0.1, -0.05) is 23.2 Å². The molecule has 0 saturated heterocycles. The van der Waals surface area contributed by atoms with Crippen molar-refractivity contribution >= 4 is 40.8 Å². The molecule has 1 atom stereocenters. The fraction of sp³-hybridized carbons (Fsp3) is 0.200. The van der Waals surface area contributed by atoms with Gasteiger partial charge in [0.15, 0.2) is 0 Å². The normalized spacial score (nSPS) is 11.9. The highest BCUT2D eigenvalue weighted by atomic mass is 35.5. The van der Waals surface area contributed by atoms with E-state index in [1.54, 1.807) is 0 Å². The van der Waals surface area contributed by atoms with Crippen molar-refractivity contribution in [2.24, 2.45) is 0 Å². The van der Waals surface area contributed by atoms with Crippen LogP contribution in [0.1, 0.15) is 17.3 Å². The molecule has 5 nitrogen and oxygen atoms in total. The van der Waals surface area contributed by atoms with Crippen LogP contribution in [-0.4, -0.2) is 23.0 Å². The number of nitrogens with two attached hydrogens (primary N) is 1. The first-order valence-electron chi connectivity index (χ1n) is 4.61. The van der Waals surface area contributed by atoms with E-state index in [2.05, 4.69) is 5.32 Å². The molecule has 0 aliphatic heterocycles. The van der Waals surface area contributed by atoms with Gasteiger partial charge in [-0.25, -0.2) is 0 Å². The van der Waals surface area contributed by atoms with Gasteiger partial charge >= 0.3 is 5.97 Å². The molecule has 7 heteroatoms. The first-order chi connectivity index (χ1) is 7.82. The van der Waals surface area contributed by atoms with Crippen molar-refractivity contribution < 1.29 is 14.7 Å². The summed E-state index contributed by atoms with van der Waals surface area (Å²) in [5, 5.41) is 11.2. The fourth-order valence-electron chi connectivity index (χ4n) is 1.06. The molecule has 1 aromatic rings. The van der Waals surface area contributed by atoms with Gasteiger partial charge in [-0.3, -0.25) is 9.59 Å². The van der Waals surface area contributed by atoms with Crippen LogP contribution >= 0.6 is 23.2 Å². The number of hydrogen-bond donors (Lipinski definition) is 3. The Morgan fingerprint density at radius 3 is 2.24 bits per heavy atom. The summed E-state index contributed by atoms with van der Waals surface area (Å²) in [6, 6.07) is 1.65. The van der Waals surface area contributed by atoms with E-state index < -0.39 is 17.9 Å². The molecular formula is C10H10Cl2N2O3. The minimum atomic E-state index is -1.13. The number of benzene rings is 1. The minimum Gasteiger partial charge on any atom is -0.480 e. The number of nitrogens with one attached hydrogen (secondary N) is 1. The Labute approximate surface area is 108 Å². The summed E-state index contributed by atoms with van der Waals surface area (Å²) in [6.07, 6.45) is 0. The third-order valence-corrected chi connectivity index (χ3v) is 2.68. The highest BCUT2D eigenvalue weighted by Crippen LogP contribution is 2.28. The van der Waals surface area contributed by atoms with Crippen molar-refractivity contribution in [1.29, 1.82) is 0 Å². The molecule has 4 N–H and O–H groups in total. The van der Waals surface area contributed by atoms with E-state index in [0.717, 1.165) is 0 Å². The molecule has 0 spiro atoms. The van der Waals surface area contributed by atoms with Crippen molar-refractivity contribution in [2.45, 2.75) is 13.0 Å². The molecule has 92 valence electrons. The number of rotatable bonds is 3. The quantitative estimate of drug-likeness (QED) is 0.734. The van der Waals surface area contributed by atoms with E-state index in [1.165, 1.54) is 19.1 Å². The average Bonchev–Trinajstić information content (AvgIpc) is 2.24. The van der Waals surface area contributed by atoms with Crippen LogP contribution in [0.2, 0.25) is 10.0 Å². The molecule has 0 aromatic heterocycles. The van der Waals surface area contributed by atoms with Crippen molar-refractivity contribution in [3.8, 4) is 0 Å². The molecule has 1 aromatic carbocycles.